The maximum Gasteiger partial charge on any atom is 0.216 e. The molecule has 7 heteroatoms. The molecule has 0 fully saturated rings. The summed E-state index contributed by atoms with van der Waals surface area (Å²) in [6.45, 7) is 0. The summed E-state index contributed by atoms with van der Waals surface area (Å²) >= 11 is 5.18. The van der Waals surface area contributed by atoms with Crippen molar-refractivity contribution >= 4 is 18.4 Å². The number of nitrogens with one attached hydrogen (secondary N) is 1. The number of aromatic amines is 1. The van der Waals surface area contributed by atoms with E-state index in [9.17, 15) is 4.39 Å². The molecule has 0 atom stereocenters. The van der Waals surface area contributed by atoms with Gasteiger partial charge in [0.05, 0.1) is 13.3 Å². The van der Waals surface area contributed by atoms with Crippen LogP contribution in [0.4, 0.5) is 4.39 Å². The Morgan fingerprint density at radius 3 is 2.65 bits per heavy atom. The fraction of sp³-hybridized carbons (Fsp3) is 0.0625. The van der Waals surface area contributed by atoms with Crippen LogP contribution in [0.15, 0.2) is 53.6 Å². The second-order valence-electron chi connectivity index (χ2n) is 4.66. The van der Waals surface area contributed by atoms with Crippen LogP contribution < -0.4 is 4.74 Å². The van der Waals surface area contributed by atoms with E-state index in [1.165, 1.54) is 17.0 Å². The van der Waals surface area contributed by atoms with Gasteiger partial charge in [0.1, 0.15) is 11.6 Å². The lowest BCUT2D eigenvalue weighted by Crippen LogP contribution is -1.96. The largest absolute Gasteiger partial charge is 0.497 e. The van der Waals surface area contributed by atoms with Crippen LogP contribution in [-0.2, 0) is 0 Å². The quantitative estimate of drug-likeness (QED) is 0.588. The first-order valence-electron chi connectivity index (χ1n) is 6.80. The topological polar surface area (TPSA) is 55.2 Å². The Bertz CT molecular complexity index is 899. The minimum absolute atomic E-state index is 0.323. The molecule has 116 valence electrons. The van der Waals surface area contributed by atoms with Gasteiger partial charge < -0.3 is 4.74 Å². The summed E-state index contributed by atoms with van der Waals surface area (Å²) in [4.78, 5) is 0. The lowest BCUT2D eigenvalue weighted by atomic mass is 10.2. The van der Waals surface area contributed by atoms with Crippen molar-refractivity contribution in [1.29, 1.82) is 0 Å². The zero-order chi connectivity index (χ0) is 16.2. The molecule has 0 spiro atoms. The Morgan fingerprint density at radius 2 is 1.96 bits per heavy atom. The lowest BCUT2D eigenvalue weighted by molar-refractivity contribution is 0.415. The Balaban J connectivity index is 1.99. The molecule has 0 amide bonds. The maximum atomic E-state index is 13.7. The molecule has 0 saturated carbocycles. The van der Waals surface area contributed by atoms with Gasteiger partial charge in [-0.25, -0.2) is 9.49 Å². The van der Waals surface area contributed by atoms with Gasteiger partial charge >= 0.3 is 0 Å². The summed E-state index contributed by atoms with van der Waals surface area (Å²) in [5, 5.41) is 11.1. The number of rotatable bonds is 4. The molecule has 0 radical (unpaired) electrons. The third-order valence-electron chi connectivity index (χ3n) is 3.22. The molecule has 0 aliphatic heterocycles. The predicted octanol–water partition coefficient (Wildman–Crippen LogP) is 3.64. The van der Waals surface area contributed by atoms with E-state index in [0.29, 0.717) is 16.2 Å². The van der Waals surface area contributed by atoms with E-state index in [4.69, 9.17) is 17.0 Å². The van der Waals surface area contributed by atoms with Gasteiger partial charge in [-0.3, -0.25) is 0 Å². The SMILES string of the molecule is COc1ccc(-c2n[nH]c(=S)n2/N=C\c2ccccc2F)cc1. The molecule has 2 aromatic carbocycles. The van der Waals surface area contributed by atoms with Gasteiger partial charge in [-0.05, 0) is 42.5 Å². The summed E-state index contributed by atoms with van der Waals surface area (Å²) in [6, 6.07) is 13.7. The fourth-order valence-corrected chi connectivity index (χ4v) is 2.20. The monoisotopic (exact) mass is 328 g/mol. The van der Waals surface area contributed by atoms with Crippen molar-refractivity contribution in [2.45, 2.75) is 0 Å². The van der Waals surface area contributed by atoms with Gasteiger partial charge in [-0.15, -0.1) is 0 Å². The third-order valence-corrected chi connectivity index (χ3v) is 3.48. The fourth-order valence-electron chi connectivity index (χ4n) is 2.03. The second kappa shape index (κ2) is 6.53. The molecule has 0 aliphatic rings. The average molecular weight is 328 g/mol. The van der Waals surface area contributed by atoms with Crippen LogP contribution in [0, 0.1) is 10.6 Å². The number of hydrogen-bond acceptors (Lipinski definition) is 4. The number of hydrogen-bond donors (Lipinski definition) is 1. The molecule has 23 heavy (non-hydrogen) atoms. The molecule has 1 aromatic heterocycles. The van der Waals surface area contributed by atoms with Crippen LogP contribution in [0.5, 0.6) is 5.75 Å². The average Bonchev–Trinajstić information content (AvgIpc) is 2.95. The van der Waals surface area contributed by atoms with Crippen molar-refractivity contribution in [3.63, 3.8) is 0 Å². The first-order chi connectivity index (χ1) is 11.2. The number of ether oxygens (including phenoxy) is 1. The van der Waals surface area contributed by atoms with Crippen molar-refractivity contribution in [2.75, 3.05) is 7.11 Å². The van der Waals surface area contributed by atoms with Crippen LogP contribution in [0.2, 0.25) is 0 Å². The summed E-state index contributed by atoms with van der Waals surface area (Å²) in [5.74, 6) is 0.923. The van der Waals surface area contributed by atoms with Crippen LogP contribution in [-0.4, -0.2) is 28.2 Å². The van der Waals surface area contributed by atoms with Crippen molar-refractivity contribution in [3.8, 4) is 17.1 Å². The Kier molecular flexibility index (Phi) is 4.29. The Labute approximate surface area is 137 Å². The van der Waals surface area contributed by atoms with E-state index >= 15 is 0 Å². The summed E-state index contributed by atoms with van der Waals surface area (Å²) in [7, 11) is 1.60. The Hall–Kier alpha value is -2.80. The van der Waals surface area contributed by atoms with Crippen molar-refractivity contribution in [2.24, 2.45) is 5.10 Å². The van der Waals surface area contributed by atoms with E-state index in [-0.39, 0.29) is 5.82 Å². The third kappa shape index (κ3) is 3.19. The van der Waals surface area contributed by atoms with Crippen molar-refractivity contribution in [3.05, 3.63) is 64.7 Å². The van der Waals surface area contributed by atoms with Crippen LogP contribution in [0.1, 0.15) is 5.56 Å². The highest BCUT2D eigenvalue weighted by Gasteiger charge is 2.08. The number of methoxy groups -OCH3 is 1. The molecular weight excluding hydrogens is 315 g/mol. The molecule has 3 rings (SSSR count). The van der Waals surface area contributed by atoms with Gasteiger partial charge in [-0.2, -0.15) is 14.9 Å². The van der Waals surface area contributed by atoms with Crippen molar-refractivity contribution < 1.29 is 9.13 Å². The number of halogens is 1. The van der Waals surface area contributed by atoms with Crippen molar-refractivity contribution in [1.82, 2.24) is 14.9 Å². The summed E-state index contributed by atoms with van der Waals surface area (Å²) < 4.78 is 20.6. The normalized spacial score (nSPS) is 11.0. The number of nitrogens with zero attached hydrogens (tertiary/aromatic N) is 3. The molecular formula is C16H13FN4OS. The zero-order valence-corrected chi connectivity index (χ0v) is 13.0. The van der Waals surface area contributed by atoms with Gasteiger partial charge in [0.15, 0.2) is 5.82 Å². The van der Waals surface area contributed by atoms with Gasteiger partial charge in [0.25, 0.3) is 0 Å². The highest BCUT2D eigenvalue weighted by atomic mass is 32.1. The molecule has 5 nitrogen and oxygen atoms in total. The number of benzene rings is 2. The van der Waals surface area contributed by atoms with Crippen LogP contribution in [0.3, 0.4) is 0 Å². The molecule has 0 saturated heterocycles. The van der Waals surface area contributed by atoms with E-state index in [0.717, 1.165) is 11.3 Å². The van der Waals surface area contributed by atoms with E-state index in [2.05, 4.69) is 15.3 Å². The highest BCUT2D eigenvalue weighted by molar-refractivity contribution is 7.71. The minimum Gasteiger partial charge on any atom is -0.497 e. The number of H-pyrrole nitrogens is 1. The zero-order valence-electron chi connectivity index (χ0n) is 12.2. The van der Waals surface area contributed by atoms with E-state index in [1.807, 2.05) is 24.3 Å². The highest BCUT2D eigenvalue weighted by Crippen LogP contribution is 2.20. The molecule has 1 N–H and O–H groups in total. The summed E-state index contributed by atoms with van der Waals surface area (Å²) in [6.07, 6.45) is 1.41. The molecule has 0 aliphatic carbocycles. The van der Waals surface area contributed by atoms with Gasteiger partial charge in [-0.1, -0.05) is 18.2 Å². The molecule has 0 unspecified atom stereocenters. The smallest absolute Gasteiger partial charge is 0.216 e. The summed E-state index contributed by atoms with van der Waals surface area (Å²) in [5.41, 5.74) is 1.18. The molecule has 3 aromatic rings. The first kappa shape index (κ1) is 15.1. The molecule has 1 heterocycles. The van der Waals surface area contributed by atoms with Gasteiger partial charge in [0.2, 0.25) is 4.77 Å². The van der Waals surface area contributed by atoms with Gasteiger partial charge in [0, 0.05) is 11.1 Å². The standard InChI is InChI=1S/C16H13FN4OS/c1-22-13-8-6-11(7-9-13)15-19-20-16(23)21(15)18-10-12-4-2-3-5-14(12)17/h2-10H,1H3,(H,20,23)/b18-10-. The molecule has 0 bridgehead atoms. The maximum absolute atomic E-state index is 13.7. The second-order valence-corrected chi connectivity index (χ2v) is 5.05. The first-order valence-corrected chi connectivity index (χ1v) is 7.20. The van der Waals surface area contributed by atoms with E-state index in [1.54, 1.807) is 25.3 Å². The lowest BCUT2D eigenvalue weighted by Gasteiger charge is -2.03. The number of aromatic nitrogens is 3. The van der Waals surface area contributed by atoms with Crippen LogP contribution >= 0.6 is 12.2 Å². The predicted molar refractivity (Wildman–Crippen MR) is 88.8 cm³/mol. The minimum atomic E-state index is -0.350. The van der Waals surface area contributed by atoms with E-state index < -0.39 is 0 Å². The Morgan fingerprint density at radius 1 is 1.22 bits per heavy atom. The van der Waals surface area contributed by atoms with Crippen LogP contribution in [0.25, 0.3) is 11.4 Å².